The Balaban J connectivity index is 2.96. The Hall–Kier alpha value is -2.37. The fraction of sp³-hybridized carbons (Fsp3) is 0.609. The van der Waals surface area contributed by atoms with E-state index in [4.69, 9.17) is 14.2 Å². The molecule has 0 saturated heterocycles. The molecular formula is C23H34O6. The summed E-state index contributed by atoms with van der Waals surface area (Å²) in [5, 5.41) is 0. The third kappa shape index (κ3) is 7.87. The van der Waals surface area contributed by atoms with Gasteiger partial charge in [0.2, 0.25) is 0 Å². The van der Waals surface area contributed by atoms with Gasteiger partial charge in [0.1, 0.15) is 5.75 Å². The number of unbranched alkanes of at least 4 members (excludes halogenated alkanes) is 1. The van der Waals surface area contributed by atoms with Crippen LogP contribution in [0.2, 0.25) is 0 Å². The summed E-state index contributed by atoms with van der Waals surface area (Å²) in [6.07, 6.45) is 2.08. The molecule has 0 amide bonds. The number of rotatable bonds is 11. The molecule has 1 aromatic carbocycles. The zero-order valence-electron chi connectivity index (χ0n) is 18.4. The number of hydrogen-bond donors (Lipinski definition) is 0. The van der Waals surface area contributed by atoms with Crippen LogP contribution in [-0.4, -0.2) is 31.6 Å². The predicted octanol–water partition coefficient (Wildman–Crippen LogP) is 4.56. The fourth-order valence-electron chi connectivity index (χ4n) is 3.08. The van der Waals surface area contributed by atoms with E-state index in [2.05, 4.69) is 0 Å². The molecule has 6 nitrogen and oxygen atoms in total. The average molecular weight is 407 g/mol. The van der Waals surface area contributed by atoms with Crippen molar-refractivity contribution >= 4 is 17.9 Å². The smallest absolute Gasteiger partial charge is 0.316 e. The standard InChI is InChI=1S/C23H34O6/c1-7-8-14-28-19(24)17(15-22(2,3)20(25)27-6)16-23(4,5)21(26)29-18-12-10-9-11-13-18/h9-13,17H,7-8,14-16H2,1-6H3. The van der Waals surface area contributed by atoms with Gasteiger partial charge in [-0.1, -0.05) is 31.5 Å². The van der Waals surface area contributed by atoms with E-state index >= 15 is 0 Å². The zero-order valence-corrected chi connectivity index (χ0v) is 18.4. The van der Waals surface area contributed by atoms with Crippen LogP contribution in [0.3, 0.4) is 0 Å². The molecule has 0 fully saturated rings. The number of methoxy groups -OCH3 is 1. The van der Waals surface area contributed by atoms with Crippen LogP contribution in [0.15, 0.2) is 30.3 Å². The minimum absolute atomic E-state index is 0.198. The minimum atomic E-state index is -0.948. The summed E-state index contributed by atoms with van der Waals surface area (Å²) >= 11 is 0. The van der Waals surface area contributed by atoms with Gasteiger partial charge in [0.25, 0.3) is 0 Å². The molecule has 0 radical (unpaired) electrons. The molecule has 0 aliphatic heterocycles. The van der Waals surface area contributed by atoms with Crippen LogP contribution in [0.25, 0.3) is 0 Å². The molecule has 0 N–H and O–H groups in total. The number of carbonyl (C=O) groups excluding carboxylic acids is 3. The second-order valence-electron chi connectivity index (χ2n) is 8.59. The van der Waals surface area contributed by atoms with Crippen LogP contribution in [0, 0.1) is 16.7 Å². The van der Waals surface area contributed by atoms with Gasteiger partial charge in [-0.15, -0.1) is 0 Å². The third-order valence-corrected chi connectivity index (χ3v) is 4.83. The van der Waals surface area contributed by atoms with Gasteiger partial charge in [-0.2, -0.15) is 0 Å². The van der Waals surface area contributed by atoms with Crippen molar-refractivity contribution in [3.63, 3.8) is 0 Å². The molecule has 1 atom stereocenters. The van der Waals surface area contributed by atoms with E-state index in [9.17, 15) is 14.4 Å². The zero-order chi connectivity index (χ0) is 22.1. The van der Waals surface area contributed by atoms with E-state index in [1.807, 2.05) is 13.0 Å². The van der Waals surface area contributed by atoms with Gasteiger partial charge in [-0.25, -0.2) is 0 Å². The van der Waals surface area contributed by atoms with E-state index in [1.54, 1.807) is 52.0 Å². The summed E-state index contributed by atoms with van der Waals surface area (Å²) < 4.78 is 15.7. The summed E-state index contributed by atoms with van der Waals surface area (Å²) in [5.74, 6) is -1.45. The number of carbonyl (C=O) groups is 3. The molecule has 1 aromatic rings. The highest BCUT2D eigenvalue weighted by atomic mass is 16.5. The summed E-state index contributed by atoms with van der Waals surface area (Å²) in [6.45, 7) is 9.24. The molecule has 0 spiro atoms. The van der Waals surface area contributed by atoms with Crippen molar-refractivity contribution in [3.05, 3.63) is 30.3 Å². The first-order valence-electron chi connectivity index (χ1n) is 10.1. The molecule has 1 rings (SSSR count). The maximum absolute atomic E-state index is 12.7. The number of benzene rings is 1. The van der Waals surface area contributed by atoms with Crippen LogP contribution in [0.1, 0.15) is 60.3 Å². The Labute approximate surface area is 173 Å². The second kappa shape index (κ2) is 11.0. The van der Waals surface area contributed by atoms with Gasteiger partial charge in [-0.05, 0) is 59.1 Å². The first-order valence-corrected chi connectivity index (χ1v) is 10.1. The van der Waals surface area contributed by atoms with Crippen molar-refractivity contribution in [3.8, 4) is 5.75 Å². The van der Waals surface area contributed by atoms with Crippen molar-refractivity contribution in [2.45, 2.75) is 60.3 Å². The van der Waals surface area contributed by atoms with E-state index in [-0.39, 0.29) is 12.8 Å². The van der Waals surface area contributed by atoms with E-state index in [0.717, 1.165) is 12.8 Å². The van der Waals surface area contributed by atoms with Crippen molar-refractivity contribution in [1.82, 2.24) is 0 Å². The molecule has 162 valence electrons. The van der Waals surface area contributed by atoms with Crippen LogP contribution in [-0.2, 0) is 23.9 Å². The predicted molar refractivity (Wildman–Crippen MR) is 110 cm³/mol. The largest absolute Gasteiger partial charge is 0.469 e. The molecular weight excluding hydrogens is 372 g/mol. The van der Waals surface area contributed by atoms with Gasteiger partial charge in [0.05, 0.1) is 30.5 Å². The first kappa shape index (κ1) is 24.7. The van der Waals surface area contributed by atoms with Crippen LogP contribution in [0.4, 0.5) is 0 Å². The van der Waals surface area contributed by atoms with Crippen molar-refractivity contribution < 1.29 is 28.6 Å². The van der Waals surface area contributed by atoms with E-state index in [1.165, 1.54) is 7.11 Å². The lowest BCUT2D eigenvalue weighted by molar-refractivity contribution is -0.157. The summed E-state index contributed by atoms with van der Waals surface area (Å²) in [7, 11) is 1.32. The number of hydrogen-bond acceptors (Lipinski definition) is 6. The highest BCUT2D eigenvalue weighted by Crippen LogP contribution is 2.36. The van der Waals surface area contributed by atoms with Crippen molar-refractivity contribution in [1.29, 1.82) is 0 Å². The van der Waals surface area contributed by atoms with E-state index < -0.39 is 34.7 Å². The maximum Gasteiger partial charge on any atom is 0.316 e. The Morgan fingerprint density at radius 3 is 2.00 bits per heavy atom. The lowest BCUT2D eigenvalue weighted by Gasteiger charge is -2.31. The second-order valence-corrected chi connectivity index (χ2v) is 8.59. The fourth-order valence-corrected chi connectivity index (χ4v) is 3.08. The lowest BCUT2D eigenvalue weighted by Crippen LogP contribution is -2.37. The summed E-state index contributed by atoms with van der Waals surface area (Å²) in [4.78, 5) is 37.6. The molecule has 0 bridgehead atoms. The quantitative estimate of drug-likeness (QED) is 0.305. The maximum atomic E-state index is 12.7. The van der Waals surface area contributed by atoms with Crippen molar-refractivity contribution in [2.24, 2.45) is 16.7 Å². The Morgan fingerprint density at radius 1 is 0.931 bits per heavy atom. The SMILES string of the molecule is CCCCOC(=O)C(CC(C)(C)C(=O)OC)CC(C)(C)C(=O)Oc1ccccc1. The molecule has 0 aliphatic carbocycles. The van der Waals surface area contributed by atoms with Gasteiger partial charge in [0, 0.05) is 0 Å². The first-order chi connectivity index (χ1) is 13.5. The normalized spacial score (nSPS) is 12.8. The molecule has 29 heavy (non-hydrogen) atoms. The van der Waals surface area contributed by atoms with Crippen molar-refractivity contribution in [2.75, 3.05) is 13.7 Å². The van der Waals surface area contributed by atoms with Crippen LogP contribution >= 0.6 is 0 Å². The summed E-state index contributed by atoms with van der Waals surface area (Å²) in [6, 6.07) is 8.79. The molecule has 0 aromatic heterocycles. The minimum Gasteiger partial charge on any atom is -0.469 e. The molecule has 1 unspecified atom stereocenters. The highest BCUT2D eigenvalue weighted by Gasteiger charge is 2.41. The van der Waals surface area contributed by atoms with E-state index in [0.29, 0.717) is 12.4 Å². The van der Waals surface area contributed by atoms with Gasteiger partial charge >= 0.3 is 17.9 Å². The third-order valence-electron chi connectivity index (χ3n) is 4.83. The van der Waals surface area contributed by atoms with Crippen LogP contribution in [0.5, 0.6) is 5.75 Å². The lowest BCUT2D eigenvalue weighted by atomic mass is 9.75. The Morgan fingerprint density at radius 2 is 1.48 bits per heavy atom. The molecule has 0 aliphatic rings. The highest BCUT2D eigenvalue weighted by molar-refractivity contribution is 5.81. The molecule has 0 saturated carbocycles. The Bertz CT molecular complexity index is 678. The topological polar surface area (TPSA) is 78.9 Å². The molecule has 6 heteroatoms. The Kier molecular flexibility index (Phi) is 9.34. The van der Waals surface area contributed by atoms with Crippen LogP contribution < -0.4 is 4.74 Å². The van der Waals surface area contributed by atoms with Gasteiger partial charge in [-0.3, -0.25) is 14.4 Å². The monoisotopic (exact) mass is 406 g/mol. The van der Waals surface area contributed by atoms with Gasteiger partial charge < -0.3 is 14.2 Å². The summed E-state index contributed by atoms with van der Waals surface area (Å²) in [5.41, 5.74) is -1.83. The van der Waals surface area contributed by atoms with Gasteiger partial charge in [0.15, 0.2) is 0 Å². The average Bonchev–Trinajstić information content (AvgIpc) is 2.67. The number of ether oxygens (including phenoxy) is 3. The number of para-hydroxylation sites is 1. The number of esters is 3. The molecule has 0 heterocycles.